The third kappa shape index (κ3) is 3.91. The molecule has 3 rings (SSSR count). The molecule has 1 aromatic heterocycles. The second-order valence-corrected chi connectivity index (χ2v) is 8.45. The van der Waals surface area contributed by atoms with Gasteiger partial charge in [0, 0.05) is 37.0 Å². The number of nitrogens with zero attached hydrogens (tertiary/aromatic N) is 3. The lowest BCUT2D eigenvalue weighted by atomic mass is 9.94. The van der Waals surface area contributed by atoms with E-state index in [1.807, 2.05) is 25.6 Å². The molecule has 0 bridgehead atoms. The first kappa shape index (κ1) is 19.6. The van der Waals surface area contributed by atoms with Crippen LogP contribution in [0.3, 0.4) is 0 Å². The number of sulfonamides is 1. The van der Waals surface area contributed by atoms with Gasteiger partial charge in [-0.15, -0.1) is 0 Å². The van der Waals surface area contributed by atoms with E-state index in [1.54, 1.807) is 23.2 Å². The SMILES string of the molecule is CCN(CC)C(=O)c1ccc(S(=O)(=O)NC2CCCc3c2cnn3C)cc1. The average Bonchev–Trinajstić information content (AvgIpc) is 3.05. The molecule has 1 aliphatic carbocycles. The summed E-state index contributed by atoms with van der Waals surface area (Å²) < 4.78 is 30.2. The first-order chi connectivity index (χ1) is 12.9. The Morgan fingerprint density at radius 2 is 1.93 bits per heavy atom. The maximum Gasteiger partial charge on any atom is 0.253 e. The molecule has 146 valence electrons. The van der Waals surface area contributed by atoms with Crippen molar-refractivity contribution in [1.82, 2.24) is 19.4 Å². The van der Waals surface area contributed by atoms with E-state index in [0.29, 0.717) is 18.7 Å². The van der Waals surface area contributed by atoms with Crippen molar-refractivity contribution in [2.24, 2.45) is 7.05 Å². The van der Waals surface area contributed by atoms with Crippen LogP contribution in [0.5, 0.6) is 0 Å². The highest BCUT2D eigenvalue weighted by molar-refractivity contribution is 7.89. The van der Waals surface area contributed by atoms with Crippen LogP contribution in [0, 0.1) is 0 Å². The van der Waals surface area contributed by atoms with Gasteiger partial charge in [0.05, 0.1) is 17.1 Å². The van der Waals surface area contributed by atoms with Crippen LogP contribution in [0.2, 0.25) is 0 Å². The second kappa shape index (κ2) is 7.82. The lowest BCUT2D eigenvalue weighted by molar-refractivity contribution is 0.0773. The molecule has 1 heterocycles. The van der Waals surface area contributed by atoms with Gasteiger partial charge >= 0.3 is 0 Å². The van der Waals surface area contributed by atoms with Crippen molar-refractivity contribution in [3.63, 3.8) is 0 Å². The molecule has 1 aromatic carbocycles. The minimum absolute atomic E-state index is 0.0933. The summed E-state index contributed by atoms with van der Waals surface area (Å²) in [5.41, 5.74) is 2.51. The van der Waals surface area contributed by atoms with Gasteiger partial charge in [-0.25, -0.2) is 13.1 Å². The predicted molar refractivity (Wildman–Crippen MR) is 103 cm³/mol. The van der Waals surface area contributed by atoms with Crippen molar-refractivity contribution in [3.8, 4) is 0 Å². The van der Waals surface area contributed by atoms with Crippen molar-refractivity contribution in [2.45, 2.75) is 44.0 Å². The maximum absolute atomic E-state index is 12.8. The minimum atomic E-state index is -3.68. The molecular weight excluding hydrogens is 364 g/mol. The Balaban J connectivity index is 1.79. The average molecular weight is 391 g/mol. The molecule has 1 amide bonds. The monoisotopic (exact) mass is 390 g/mol. The first-order valence-corrected chi connectivity index (χ1v) is 10.8. The highest BCUT2D eigenvalue weighted by Crippen LogP contribution is 2.30. The van der Waals surface area contributed by atoms with Crippen LogP contribution < -0.4 is 4.72 Å². The summed E-state index contributed by atoms with van der Waals surface area (Å²) in [5, 5.41) is 4.25. The Hall–Kier alpha value is -2.19. The van der Waals surface area contributed by atoms with E-state index in [1.165, 1.54) is 12.1 Å². The van der Waals surface area contributed by atoms with E-state index < -0.39 is 10.0 Å². The molecule has 27 heavy (non-hydrogen) atoms. The number of carbonyl (C=O) groups is 1. The van der Waals surface area contributed by atoms with Gasteiger partial charge in [-0.05, 0) is 57.4 Å². The van der Waals surface area contributed by atoms with Gasteiger partial charge in [0.25, 0.3) is 5.91 Å². The minimum Gasteiger partial charge on any atom is -0.339 e. The fraction of sp³-hybridized carbons (Fsp3) is 0.474. The van der Waals surface area contributed by atoms with Crippen LogP contribution in [-0.2, 0) is 23.5 Å². The Morgan fingerprint density at radius 3 is 2.56 bits per heavy atom. The number of fused-ring (bicyclic) bond motifs is 1. The van der Waals surface area contributed by atoms with Crippen LogP contribution in [-0.4, -0.2) is 42.1 Å². The van der Waals surface area contributed by atoms with Gasteiger partial charge in [0.1, 0.15) is 0 Å². The zero-order valence-corrected chi connectivity index (χ0v) is 16.8. The topological polar surface area (TPSA) is 84.3 Å². The zero-order valence-electron chi connectivity index (χ0n) is 16.0. The molecule has 0 saturated heterocycles. The molecular formula is C19H26N4O3S. The van der Waals surface area contributed by atoms with Crippen LogP contribution in [0.1, 0.15) is 54.3 Å². The van der Waals surface area contributed by atoms with E-state index in [2.05, 4.69) is 9.82 Å². The van der Waals surface area contributed by atoms with Crippen molar-refractivity contribution in [2.75, 3.05) is 13.1 Å². The highest BCUT2D eigenvalue weighted by atomic mass is 32.2. The first-order valence-electron chi connectivity index (χ1n) is 9.29. The highest BCUT2D eigenvalue weighted by Gasteiger charge is 2.28. The normalized spacial score (nSPS) is 16.8. The Kier molecular flexibility index (Phi) is 5.67. The molecule has 0 aliphatic heterocycles. The third-order valence-electron chi connectivity index (χ3n) is 5.14. The number of carbonyl (C=O) groups excluding carboxylic acids is 1. The lowest BCUT2D eigenvalue weighted by Gasteiger charge is -2.23. The standard InChI is InChI=1S/C19H26N4O3S/c1-4-23(5-2)19(24)14-9-11-15(12-10-14)27(25,26)21-17-7-6-8-18-16(17)13-20-22(18)3/h9-13,17,21H,4-8H2,1-3H3. The summed E-state index contributed by atoms with van der Waals surface area (Å²) in [6, 6.07) is 5.86. The van der Waals surface area contributed by atoms with Crippen LogP contribution in [0.25, 0.3) is 0 Å². The van der Waals surface area contributed by atoms with Gasteiger partial charge < -0.3 is 4.90 Å². The predicted octanol–water partition coefficient (Wildman–Crippen LogP) is 2.26. The summed E-state index contributed by atoms with van der Waals surface area (Å²) in [5.74, 6) is -0.0933. The van der Waals surface area contributed by atoms with Crippen molar-refractivity contribution < 1.29 is 13.2 Å². The number of hydrogen-bond acceptors (Lipinski definition) is 4. The third-order valence-corrected chi connectivity index (χ3v) is 6.62. The lowest BCUT2D eigenvalue weighted by Crippen LogP contribution is -2.31. The van der Waals surface area contributed by atoms with Gasteiger partial charge in [-0.1, -0.05) is 0 Å². The van der Waals surface area contributed by atoms with E-state index in [0.717, 1.165) is 30.5 Å². The molecule has 1 atom stereocenters. The summed E-state index contributed by atoms with van der Waals surface area (Å²) in [4.78, 5) is 14.2. The van der Waals surface area contributed by atoms with Crippen LogP contribution in [0.4, 0.5) is 0 Å². The number of nitrogens with one attached hydrogen (secondary N) is 1. The Morgan fingerprint density at radius 1 is 1.26 bits per heavy atom. The van der Waals surface area contributed by atoms with E-state index >= 15 is 0 Å². The fourth-order valence-electron chi connectivity index (χ4n) is 3.55. The molecule has 8 heteroatoms. The zero-order chi connectivity index (χ0) is 19.6. The van der Waals surface area contributed by atoms with Crippen LogP contribution in [0.15, 0.2) is 35.4 Å². The quantitative estimate of drug-likeness (QED) is 0.820. The number of aryl methyl sites for hydroxylation is 1. The molecule has 0 saturated carbocycles. The summed E-state index contributed by atoms with van der Waals surface area (Å²) in [6.07, 6.45) is 4.31. The fourth-order valence-corrected chi connectivity index (χ4v) is 4.80. The van der Waals surface area contributed by atoms with Gasteiger partial charge in [-0.3, -0.25) is 9.48 Å². The van der Waals surface area contributed by atoms with Crippen molar-refractivity contribution in [1.29, 1.82) is 0 Å². The van der Waals surface area contributed by atoms with E-state index in [-0.39, 0.29) is 16.8 Å². The molecule has 1 unspecified atom stereocenters. The molecule has 0 fully saturated rings. The molecule has 1 N–H and O–H groups in total. The van der Waals surface area contributed by atoms with Crippen molar-refractivity contribution in [3.05, 3.63) is 47.3 Å². The van der Waals surface area contributed by atoms with E-state index in [9.17, 15) is 13.2 Å². The summed E-state index contributed by atoms with van der Waals surface area (Å²) in [7, 11) is -1.80. The molecule has 7 nitrogen and oxygen atoms in total. The largest absolute Gasteiger partial charge is 0.339 e. The number of hydrogen-bond donors (Lipinski definition) is 1. The molecule has 1 aliphatic rings. The number of rotatable bonds is 6. The van der Waals surface area contributed by atoms with Gasteiger partial charge in [-0.2, -0.15) is 5.10 Å². The number of aromatic nitrogens is 2. The summed E-state index contributed by atoms with van der Waals surface area (Å²) in [6.45, 7) is 5.07. The smallest absolute Gasteiger partial charge is 0.253 e. The van der Waals surface area contributed by atoms with E-state index in [4.69, 9.17) is 0 Å². The Bertz CT molecular complexity index is 915. The number of benzene rings is 1. The molecule has 0 radical (unpaired) electrons. The van der Waals surface area contributed by atoms with Gasteiger partial charge in [0.15, 0.2) is 0 Å². The molecule has 2 aromatic rings. The number of amides is 1. The maximum atomic E-state index is 12.8. The Labute approximate surface area is 160 Å². The van der Waals surface area contributed by atoms with Gasteiger partial charge in [0.2, 0.25) is 10.0 Å². The summed E-state index contributed by atoms with van der Waals surface area (Å²) >= 11 is 0. The molecule has 0 spiro atoms. The van der Waals surface area contributed by atoms with Crippen LogP contribution >= 0.6 is 0 Å². The van der Waals surface area contributed by atoms with Crippen molar-refractivity contribution >= 4 is 15.9 Å². The second-order valence-electron chi connectivity index (χ2n) is 6.74.